The van der Waals surface area contributed by atoms with E-state index in [1.54, 1.807) is 0 Å². The Morgan fingerprint density at radius 1 is 1.20 bits per heavy atom. The van der Waals surface area contributed by atoms with Crippen molar-refractivity contribution in [1.29, 1.82) is 0 Å². The zero-order valence-electron chi connectivity index (χ0n) is 8.66. The fourth-order valence-electron chi connectivity index (χ4n) is 2.23. The second kappa shape index (κ2) is 3.46. The molecule has 2 heteroatoms. The van der Waals surface area contributed by atoms with Crippen molar-refractivity contribution < 1.29 is 9.53 Å². The third kappa shape index (κ3) is 1.49. The minimum Gasteiger partial charge on any atom is -0.372 e. The number of benzene rings is 1. The quantitative estimate of drug-likeness (QED) is 0.689. The second-order valence-corrected chi connectivity index (χ2v) is 4.47. The van der Waals surface area contributed by atoms with Crippen molar-refractivity contribution in [2.75, 3.05) is 0 Å². The topological polar surface area (TPSA) is 26.3 Å². The Hall–Kier alpha value is -1.15. The van der Waals surface area contributed by atoms with Crippen LogP contribution in [0.3, 0.4) is 0 Å². The van der Waals surface area contributed by atoms with Crippen LogP contribution in [-0.2, 0) is 18.0 Å². The van der Waals surface area contributed by atoms with Crippen LogP contribution in [0, 0.1) is 5.92 Å². The van der Waals surface area contributed by atoms with Gasteiger partial charge < -0.3 is 4.74 Å². The van der Waals surface area contributed by atoms with Crippen LogP contribution in [0.4, 0.5) is 0 Å². The number of hydrogen-bond donors (Lipinski definition) is 0. The summed E-state index contributed by atoms with van der Waals surface area (Å²) < 4.78 is 5.34. The zero-order chi connectivity index (χ0) is 10.3. The van der Waals surface area contributed by atoms with Crippen molar-refractivity contribution >= 4 is 5.78 Å². The van der Waals surface area contributed by atoms with Crippen LogP contribution in [0.15, 0.2) is 18.2 Å². The Labute approximate surface area is 89.2 Å². The number of fused-ring (bicyclic) bond motifs is 1. The molecule has 0 bridgehead atoms. The van der Waals surface area contributed by atoms with Gasteiger partial charge in [0.1, 0.15) is 0 Å². The van der Waals surface area contributed by atoms with Gasteiger partial charge in [-0.25, -0.2) is 0 Å². The molecule has 0 atom stereocenters. The van der Waals surface area contributed by atoms with E-state index in [-0.39, 0.29) is 0 Å². The maximum Gasteiger partial charge on any atom is 0.165 e. The molecule has 0 radical (unpaired) electrons. The lowest BCUT2D eigenvalue weighted by molar-refractivity contribution is 0.0855. The zero-order valence-corrected chi connectivity index (χ0v) is 8.66. The summed E-state index contributed by atoms with van der Waals surface area (Å²) in [4.78, 5) is 12.0. The van der Waals surface area contributed by atoms with E-state index < -0.39 is 0 Å². The summed E-state index contributed by atoms with van der Waals surface area (Å²) in [5.74, 6) is 0.626. The first-order chi connectivity index (χ1) is 7.34. The predicted molar refractivity (Wildman–Crippen MR) is 56.6 cm³/mol. The van der Waals surface area contributed by atoms with Crippen molar-refractivity contribution in [3.63, 3.8) is 0 Å². The van der Waals surface area contributed by atoms with Gasteiger partial charge in [0.2, 0.25) is 0 Å². The minimum absolute atomic E-state index is 0.297. The van der Waals surface area contributed by atoms with Gasteiger partial charge in [-0.05, 0) is 30.0 Å². The average molecular weight is 202 g/mol. The van der Waals surface area contributed by atoms with Gasteiger partial charge in [0.15, 0.2) is 5.78 Å². The highest BCUT2D eigenvalue weighted by Crippen LogP contribution is 2.31. The van der Waals surface area contributed by atoms with Gasteiger partial charge in [0, 0.05) is 11.5 Å². The van der Waals surface area contributed by atoms with Gasteiger partial charge in [-0.3, -0.25) is 4.79 Å². The second-order valence-electron chi connectivity index (χ2n) is 4.47. The van der Waals surface area contributed by atoms with Crippen LogP contribution >= 0.6 is 0 Å². The summed E-state index contributed by atoms with van der Waals surface area (Å²) >= 11 is 0. The maximum absolute atomic E-state index is 12.0. The van der Waals surface area contributed by atoms with Crippen LogP contribution in [0.5, 0.6) is 0 Å². The first kappa shape index (κ1) is 9.10. The van der Waals surface area contributed by atoms with Crippen LogP contribution in [0.2, 0.25) is 0 Å². The molecule has 0 saturated heterocycles. The molecule has 2 aliphatic rings. The summed E-state index contributed by atoms with van der Waals surface area (Å²) in [5, 5.41) is 0. The number of Topliss-reactive ketones (excluding diaryl/α,β-unsaturated/α-hetero) is 1. The molecular formula is C13H14O2. The lowest BCUT2D eigenvalue weighted by atomic mass is 9.79. The summed E-state index contributed by atoms with van der Waals surface area (Å²) in [5.41, 5.74) is 3.31. The van der Waals surface area contributed by atoms with E-state index in [2.05, 4.69) is 0 Å². The molecule has 0 unspecified atom stereocenters. The number of ketones is 1. The molecule has 1 saturated carbocycles. The Morgan fingerprint density at radius 3 is 2.73 bits per heavy atom. The number of rotatable bonds is 2. The molecular weight excluding hydrogens is 188 g/mol. The van der Waals surface area contributed by atoms with E-state index >= 15 is 0 Å². The van der Waals surface area contributed by atoms with Crippen LogP contribution < -0.4 is 0 Å². The van der Waals surface area contributed by atoms with E-state index in [4.69, 9.17) is 4.74 Å². The van der Waals surface area contributed by atoms with Gasteiger partial charge >= 0.3 is 0 Å². The largest absolute Gasteiger partial charge is 0.372 e. The number of carbonyl (C=O) groups excluding carboxylic acids is 1. The Balaban J connectivity index is 1.88. The van der Waals surface area contributed by atoms with Gasteiger partial charge in [0.25, 0.3) is 0 Å². The molecule has 3 rings (SSSR count). The predicted octanol–water partition coefficient (Wildman–Crippen LogP) is 2.70. The van der Waals surface area contributed by atoms with Gasteiger partial charge in [-0.1, -0.05) is 18.6 Å². The summed E-state index contributed by atoms with van der Waals surface area (Å²) in [6, 6.07) is 6.01. The normalized spacial score (nSPS) is 19.7. The molecule has 1 fully saturated rings. The monoisotopic (exact) mass is 202 g/mol. The molecule has 1 aliphatic heterocycles. The van der Waals surface area contributed by atoms with Gasteiger partial charge in [-0.15, -0.1) is 0 Å². The summed E-state index contributed by atoms with van der Waals surface area (Å²) in [6.45, 7) is 1.37. The third-order valence-electron chi connectivity index (χ3n) is 3.48. The summed E-state index contributed by atoms with van der Waals surface area (Å²) in [6.07, 6.45) is 3.36. The first-order valence-corrected chi connectivity index (χ1v) is 5.58. The highest BCUT2D eigenvalue weighted by atomic mass is 16.5. The lowest BCUT2D eigenvalue weighted by Gasteiger charge is -2.23. The van der Waals surface area contributed by atoms with Crippen LogP contribution in [-0.4, -0.2) is 5.78 Å². The summed E-state index contributed by atoms with van der Waals surface area (Å²) in [7, 11) is 0. The molecule has 1 aromatic carbocycles. The fourth-order valence-corrected chi connectivity index (χ4v) is 2.23. The third-order valence-corrected chi connectivity index (χ3v) is 3.48. The molecule has 0 amide bonds. The minimum atomic E-state index is 0.297. The Kier molecular flexibility index (Phi) is 2.10. The Bertz CT molecular complexity index is 405. The molecule has 0 N–H and O–H groups in total. The number of carbonyl (C=O) groups is 1. The molecule has 0 spiro atoms. The number of hydrogen-bond acceptors (Lipinski definition) is 2. The van der Waals surface area contributed by atoms with E-state index in [0.29, 0.717) is 24.9 Å². The van der Waals surface area contributed by atoms with Crippen molar-refractivity contribution in [3.05, 3.63) is 34.9 Å². The van der Waals surface area contributed by atoms with E-state index in [1.807, 2.05) is 18.2 Å². The average Bonchev–Trinajstić information content (AvgIpc) is 2.61. The first-order valence-electron chi connectivity index (χ1n) is 5.58. The van der Waals surface area contributed by atoms with E-state index in [9.17, 15) is 4.79 Å². The van der Waals surface area contributed by atoms with E-state index in [1.165, 1.54) is 17.5 Å². The van der Waals surface area contributed by atoms with Crippen molar-refractivity contribution in [2.24, 2.45) is 5.92 Å². The maximum atomic E-state index is 12.0. The molecule has 2 nitrogen and oxygen atoms in total. The molecule has 78 valence electrons. The molecule has 1 aliphatic carbocycles. The van der Waals surface area contributed by atoms with Crippen molar-refractivity contribution in [3.8, 4) is 0 Å². The SMILES string of the molecule is O=C(c1ccc2c(c1)COC2)C1CCC1. The highest BCUT2D eigenvalue weighted by Gasteiger charge is 2.26. The lowest BCUT2D eigenvalue weighted by Crippen LogP contribution is -2.22. The van der Waals surface area contributed by atoms with Gasteiger partial charge in [-0.2, -0.15) is 0 Å². The van der Waals surface area contributed by atoms with Crippen molar-refractivity contribution in [1.82, 2.24) is 0 Å². The number of ether oxygens (including phenoxy) is 1. The van der Waals surface area contributed by atoms with Crippen molar-refractivity contribution in [2.45, 2.75) is 32.5 Å². The fraction of sp³-hybridized carbons (Fsp3) is 0.462. The van der Waals surface area contributed by atoms with Crippen LogP contribution in [0.25, 0.3) is 0 Å². The van der Waals surface area contributed by atoms with E-state index in [0.717, 1.165) is 18.4 Å². The van der Waals surface area contributed by atoms with Crippen LogP contribution in [0.1, 0.15) is 40.7 Å². The highest BCUT2D eigenvalue weighted by molar-refractivity contribution is 5.98. The van der Waals surface area contributed by atoms with Gasteiger partial charge in [0.05, 0.1) is 13.2 Å². The molecule has 15 heavy (non-hydrogen) atoms. The molecule has 0 aromatic heterocycles. The smallest absolute Gasteiger partial charge is 0.165 e. The standard InChI is InChI=1S/C13H14O2/c14-13(9-2-1-3-9)10-4-5-11-7-15-8-12(11)6-10/h4-6,9H,1-3,7-8H2. The molecule has 1 aromatic rings. The Morgan fingerprint density at radius 2 is 2.00 bits per heavy atom. The molecule has 1 heterocycles.